The van der Waals surface area contributed by atoms with Gasteiger partial charge < -0.3 is 4.84 Å². The summed E-state index contributed by atoms with van der Waals surface area (Å²) in [6, 6.07) is 5.00. The molecule has 0 bridgehead atoms. The van der Waals surface area contributed by atoms with Crippen molar-refractivity contribution in [2.24, 2.45) is 5.16 Å². The molecule has 0 saturated heterocycles. The van der Waals surface area contributed by atoms with Crippen LogP contribution in [0.5, 0.6) is 0 Å². The summed E-state index contributed by atoms with van der Waals surface area (Å²) in [5.74, 6) is -1.08. The predicted octanol–water partition coefficient (Wildman–Crippen LogP) is 2.20. The summed E-state index contributed by atoms with van der Waals surface area (Å²) in [5.41, 5.74) is 1.15. The normalized spacial score (nSPS) is 11.2. The summed E-state index contributed by atoms with van der Waals surface area (Å²) in [6.45, 7) is 1.64. The molecule has 19 heavy (non-hydrogen) atoms. The number of carbonyl (C=O) groups excluding carboxylic acids is 1. The smallest absolute Gasteiger partial charge is 0.312 e. The van der Waals surface area contributed by atoms with Gasteiger partial charge in [0.05, 0.1) is 11.8 Å². The molecule has 0 aliphatic heterocycles. The molecule has 5 nitrogen and oxygen atoms in total. The molecule has 0 N–H and O–H groups in total. The Labute approximate surface area is 108 Å². The minimum Gasteiger partial charge on any atom is -0.312 e. The topological polar surface area (TPSA) is 64.4 Å². The van der Waals surface area contributed by atoms with Gasteiger partial charge in [-0.1, -0.05) is 5.16 Å². The number of rotatable bonds is 3. The maximum Gasteiger partial charge on any atom is 0.365 e. The van der Waals surface area contributed by atoms with Crippen molar-refractivity contribution < 1.29 is 14.0 Å². The van der Waals surface area contributed by atoms with E-state index >= 15 is 0 Å². The third-order valence-electron chi connectivity index (χ3n) is 2.28. The van der Waals surface area contributed by atoms with Gasteiger partial charge in [0.2, 0.25) is 0 Å². The first-order valence-corrected chi connectivity index (χ1v) is 5.44. The number of carbonyl (C=O) groups is 1. The van der Waals surface area contributed by atoms with Crippen LogP contribution in [0.4, 0.5) is 4.39 Å². The molecule has 1 aromatic heterocycles. The molecule has 2 rings (SSSR count). The average Bonchev–Trinajstić information content (AvgIpc) is 2.46. The van der Waals surface area contributed by atoms with Gasteiger partial charge in [-0.25, -0.2) is 9.18 Å². The Hall–Kier alpha value is -2.63. The lowest BCUT2D eigenvalue weighted by molar-refractivity contribution is 0.0516. The standard InChI is InChI=1S/C13H10FN3O2/c1-9(12-8-15-6-7-16-12)17-19-13(18)10-2-4-11(14)5-3-10/h2-8H,1H3. The molecular weight excluding hydrogens is 249 g/mol. The molecule has 1 aromatic carbocycles. The van der Waals surface area contributed by atoms with Gasteiger partial charge in [0.1, 0.15) is 17.2 Å². The first kappa shape index (κ1) is 12.8. The van der Waals surface area contributed by atoms with Crippen molar-refractivity contribution in [3.05, 3.63) is 59.9 Å². The molecule has 0 amide bonds. The van der Waals surface area contributed by atoms with Crippen LogP contribution in [-0.4, -0.2) is 21.6 Å². The number of benzene rings is 1. The van der Waals surface area contributed by atoms with Gasteiger partial charge in [0.15, 0.2) is 0 Å². The molecule has 0 aliphatic rings. The number of aromatic nitrogens is 2. The zero-order valence-corrected chi connectivity index (χ0v) is 10.1. The first-order chi connectivity index (χ1) is 9.16. The van der Waals surface area contributed by atoms with Gasteiger partial charge in [-0.3, -0.25) is 9.97 Å². The van der Waals surface area contributed by atoms with Crippen LogP contribution in [0.1, 0.15) is 23.0 Å². The van der Waals surface area contributed by atoms with E-state index in [9.17, 15) is 9.18 Å². The first-order valence-electron chi connectivity index (χ1n) is 5.44. The Balaban J connectivity index is 2.06. The number of oxime groups is 1. The molecule has 0 radical (unpaired) electrons. The molecule has 0 unspecified atom stereocenters. The van der Waals surface area contributed by atoms with Crippen LogP contribution in [0.3, 0.4) is 0 Å². The molecule has 0 fully saturated rings. The van der Waals surface area contributed by atoms with Crippen LogP contribution in [0.15, 0.2) is 48.0 Å². The highest BCUT2D eigenvalue weighted by Crippen LogP contribution is 2.05. The summed E-state index contributed by atoms with van der Waals surface area (Å²) in [7, 11) is 0. The Morgan fingerprint density at radius 2 is 2.00 bits per heavy atom. The fraction of sp³-hybridized carbons (Fsp3) is 0.0769. The van der Waals surface area contributed by atoms with E-state index < -0.39 is 11.8 Å². The molecule has 2 aromatic rings. The van der Waals surface area contributed by atoms with Crippen molar-refractivity contribution in [2.75, 3.05) is 0 Å². The SMILES string of the molecule is CC(=NOC(=O)c1ccc(F)cc1)c1cnccn1. The minimum atomic E-state index is -0.664. The van der Waals surface area contributed by atoms with Crippen LogP contribution < -0.4 is 0 Å². The van der Waals surface area contributed by atoms with E-state index in [1.54, 1.807) is 6.92 Å². The predicted molar refractivity (Wildman–Crippen MR) is 66.1 cm³/mol. The van der Waals surface area contributed by atoms with Crippen LogP contribution in [0.2, 0.25) is 0 Å². The van der Waals surface area contributed by atoms with E-state index in [0.717, 1.165) is 0 Å². The van der Waals surface area contributed by atoms with Crippen molar-refractivity contribution in [1.82, 2.24) is 9.97 Å². The monoisotopic (exact) mass is 259 g/mol. The molecule has 0 atom stereocenters. The summed E-state index contributed by atoms with van der Waals surface area (Å²) >= 11 is 0. The Morgan fingerprint density at radius 1 is 1.26 bits per heavy atom. The third kappa shape index (κ3) is 3.41. The van der Waals surface area contributed by atoms with E-state index in [0.29, 0.717) is 11.4 Å². The molecule has 1 heterocycles. The molecule has 0 saturated carbocycles. The van der Waals surface area contributed by atoms with E-state index in [-0.39, 0.29) is 5.56 Å². The zero-order chi connectivity index (χ0) is 13.7. The fourth-order valence-corrected chi connectivity index (χ4v) is 1.28. The highest BCUT2D eigenvalue weighted by atomic mass is 19.1. The van der Waals surface area contributed by atoms with Crippen molar-refractivity contribution in [2.45, 2.75) is 6.92 Å². The lowest BCUT2D eigenvalue weighted by Crippen LogP contribution is -2.05. The van der Waals surface area contributed by atoms with Crippen LogP contribution in [0.25, 0.3) is 0 Å². The molecule has 0 spiro atoms. The van der Waals surface area contributed by atoms with Gasteiger partial charge in [-0.05, 0) is 31.2 Å². The van der Waals surface area contributed by atoms with Gasteiger partial charge in [-0.15, -0.1) is 0 Å². The van der Waals surface area contributed by atoms with Crippen molar-refractivity contribution >= 4 is 11.7 Å². The zero-order valence-electron chi connectivity index (χ0n) is 10.1. The summed E-state index contributed by atoms with van der Waals surface area (Å²) in [5, 5.41) is 3.66. The van der Waals surface area contributed by atoms with Gasteiger partial charge in [0, 0.05) is 12.4 Å². The van der Waals surface area contributed by atoms with E-state index in [4.69, 9.17) is 4.84 Å². The fourth-order valence-electron chi connectivity index (χ4n) is 1.28. The number of nitrogens with zero attached hydrogens (tertiary/aromatic N) is 3. The summed E-state index contributed by atoms with van der Waals surface area (Å²) in [6.07, 6.45) is 4.54. The van der Waals surface area contributed by atoms with Crippen LogP contribution >= 0.6 is 0 Å². The Bertz CT molecular complexity index is 597. The van der Waals surface area contributed by atoms with Crippen LogP contribution in [-0.2, 0) is 4.84 Å². The molecule has 96 valence electrons. The lowest BCUT2D eigenvalue weighted by Gasteiger charge is -2.00. The largest absolute Gasteiger partial charge is 0.365 e. The summed E-state index contributed by atoms with van der Waals surface area (Å²) in [4.78, 5) is 24.2. The quantitative estimate of drug-likeness (QED) is 0.481. The molecule has 0 aliphatic carbocycles. The van der Waals surface area contributed by atoms with Crippen LogP contribution in [0, 0.1) is 5.82 Å². The number of hydrogen-bond donors (Lipinski definition) is 0. The Morgan fingerprint density at radius 3 is 2.63 bits per heavy atom. The van der Waals surface area contributed by atoms with Crippen molar-refractivity contribution in [3.8, 4) is 0 Å². The second kappa shape index (κ2) is 5.81. The lowest BCUT2D eigenvalue weighted by atomic mass is 10.2. The third-order valence-corrected chi connectivity index (χ3v) is 2.28. The molecular formula is C13H10FN3O2. The average molecular weight is 259 g/mol. The number of halogens is 1. The highest BCUT2D eigenvalue weighted by molar-refractivity contribution is 5.97. The summed E-state index contributed by atoms with van der Waals surface area (Å²) < 4.78 is 12.7. The minimum absolute atomic E-state index is 0.220. The van der Waals surface area contributed by atoms with E-state index in [2.05, 4.69) is 15.1 Å². The number of hydrogen-bond acceptors (Lipinski definition) is 5. The van der Waals surface area contributed by atoms with Gasteiger partial charge in [-0.2, -0.15) is 0 Å². The van der Waals surface area contributed by atoms with Gasteiger partial charge >= 0.3 is 5.97 Å². The van der Waals surface area contributed by atoms with E-state index in [1.165, 1.54) is 42.9 Å². The maximum absolute atomic E-state index is 12.7. The maximum atomic E-state index is 12.7. The Kier molecular flexibility index (Phi) is 3.92. The highest BCUT2D eigenvalue weighted by Gasteiger charge is 2.08. The molecule has 6 heteroatoms. The van der Waals surface area contributed by atoms with E-state index in [1.807, 2.05) is 0 Å². The van der Waals surface area contributed by atoms with Crippen molar-refractivity contribution in [1.29, 1.82) is 0 Å². The van der Waals surface area contributed by atoms with Crippen molar-refractivity contribution in [3.63, 3.8) is 0 Å². The second-order valence-corrected chi connectivity index (χ2v) is 3.65. The second-order valence-electron chi connectivity index (χ2n) is 3.65. The van der Waals surface area contributed by atoms with Gasteiger partial charge in [0.25, 0.3) is 0 Å².